The molecule has 5 nitrogen and oxygen atoms in total. The van der Waals surface area contributed by atoms with Crippen molar-refractivity contribution in [3.05, 3.63) is 63.0 Å². The maximum Gasteiger partial charge on any atom is 0.412 e. The summed E-state index contributed by atoms with van der Waals surface area (Å²) in [6, 6.07) is 9.29. The normalized spacial score (nSPS) is 9.95. The fourth-order valence-corrected chi connectivity index (χ4v) is 1.77. The highest BCUT2D eigenvalue weighted by Crippen LogP contribution is 2.07. The largest absolute Gasteiger partial charge is 0.444 e. The zero-order valence-corrected chi connectivity index (χ0v) is 11.4. The first kappa shape index (κ1) is 13.4. The Morgan fingerprint density at radius 3 is 2.74 bits per heavy atom. The van der Waals surface area contributed by atoms with Gasteiger partial charge in [0.2, 0.25) is 5.43 Å². The van der Waals surface area contributed by atoms with Crippen molar-refractivity contribution in [2.24, 2.45) is 0 Å². The second-order valence-corrected chi connectivity index (χ2v) is 4.59. The Balaban J connectivity index is 1.95. The number of aromatic nitrogens is 1. The molecule has 0 unspecified atom stereocenters. The van der Waals surface area contributed by atoms with Crippen molar-refractivity contribution in [1.29, 1.82) is 0 Å². The van der Waals surface area contributed by atoms with E-state index in [4.69, 9.17) is 4.74 Å². The van der Waals surface area contributed by atoms with Crippen molar-refractivity contribution in [2.45, 2.75) is 6.61 Å². The van der Waals surface area contributed by atoms with Gasteiger partial charge in [0, 0.05) is 12.4 Å². The molecule has 6 heteroatoms. The third-order valence-electron chi connectivity index (χ3n) is 2.35. The number of hydrogen-bond donors (Lipinski definition) is 2. The van der Waals surface area contributed by atoms with Crippen LogP contribution in [-0.4, -0.2) is 11.1 Å². The minimum absolute atomic E-state index is 0.132. The summed E-state index contributed by atoms with van der Waals surface area (Å²) in [5.41, 5.74) is 0.698. The van der Waals surface area contributed by atoms with E-state index in [9.17, 15) is 9.59 Å². The van der Waals surface area contributed by atoms with E-state index in [0.29, 0.717) is 4.47 Å². The van der Waals surface area contributed by atoms with Gasteiger partial charge < -0.3 is 9.72 Å². The summed E-state index contributed by atoms with van der Waals surface area (Å²) < 4.78 is 5.35. The molecule has 0 atom stereocenters. The number of hydrogen-bond acceptors (Lipinski definition) is 3. The van der Waals surface area contributed by atoms with Gasteiger partial charge in [-0.1, -0.05) is 30.3 Å². The van der Waals surface area contributed by atoms with Crippen LogP contribution in [0.1, 0.15) is 5.56 Å². The number of aromatic amines is 1. The molecular formula is C13H11BrN2O3. The minimum atomic E-state index is -0.674. The Bertz CT molecular complexity index is 625. The molecule has 1 heterocycles. The summed E-state index contributed by atoms with van der Waals surface area (Å²) in [4.78, 5) is 25.9. The van der Waals surface area contributed by atoms with Crippen LogP contribution < -0.4 is 10.7 Å². The number of carbonyl (C=O) groups excluding carboxylic acids is 1. The van der Waals surface area contributed by atoms with Gasteiger partial charge in [-0.2, -0.15) is 0 Å². The fourth-order valence-electron chi connectivity index (χ4n) is 1.42. The molecule has 1 amide bonds. The highest BCUT2D eigenvalue weighted by atomic mass is 79.9. The van der Waals surface area contributed by atoms with Crippen molar-refractivity contribution >= 4 is 27.7 Å². The lowest BCUT2D eigenvalue weighted by Gasteiger charge is -2.06. The van der Waals surface area contributed by atoms with Gasteiger partial charge in [-0.15, -0.1) is 0 Å². The maximum atomic E-state index is 11.6. The lowest BCUT2D eigenvalue weighted by molar-refractivity contribution is 0.155. The Morgan fingerprint density at radius 1 is 1.26 bits per heavy atom. The van der Waals surface area contributed by atoms with Gasteiger partial charge in [0.1, 0.15) is 12.3 Å². The molecule has 2 rings (SSSR count). The summed E-state index contributed by atoms with van der Waals surface area (Å²) >= 11 is 3.08. The zero-order valence-electron chi connectivity index (χ0n) is 9.85. The molecule has 0 fully saturated rings. The van der Waals surface area contributed by atoms with Crippen LogP contribution in [0.3, 0.4) is 0 Å². The van der Waals surface area contributed by atoms with E-state index in [1.54, 1.807) is 0 Å². The maximum absolute atomic E-state index is 11.6. The summed E-state index contributed by atoms with van der Waals surface area (Å²) in [6.07, 6.45) is 2.21. The molecule has 1 aromatic heterocycles. The first-order valence-electron chi connectivity index (χ1n) is 5.51. The quantitative estimate of drug-likeness (QED) is 0.912. The summed E-state index contributed by atoms with van der Waals surface area (Å²) in [7, 11) is 0. The number of ether oxygens (including phenoxy) is 1. The van der Waals surface area contributed by atoms with Crippen LogP contribution in [0.5, 0.6) is 0 Å². The van der Waals surface area contributed by atoms with E-state index in [2.05, 4.69) is 26.2 Å². The van der Waals surface area contributed by atoms with Gasteiger partial charge >= 0.3 is 6.09 Å². The molecule has 2 N–H and O–H groups in total. The van der Waals surface area contributed by atoms with E-state index < -0.39 is 6.09 Å². The highest BCUT2D eigenvalue weighted by Gasteiger charge is 2.08. The number of halogens is 1. The molecule has 0 spiro atoms. The van der Waals surface area contributed by atoms with Crippen LogP contribution in [0.15, 0.2) is 52.0 Å². The monoisotopic (exact) mass is 322 g/mol. The smallest absolute Gasteiger partial charge is 0.412 e. The topological polar surface area (TPSA) is 71.2 Å². The van der Waals surface area contributed by atoms with Gasteiger partial charge in [-0.3, -0.25) is 10.1 Å². The van der Waals surface area contributed by atoms with Crippen LogP contribution in [-0.2, 0) is 11.3 Å². The fraction of sp³-hybridized carbons (Fsp3) is 0.0769. The first-order valence-corrected chi connectivity index (χ1v) is 6.30. The Kier molecular flexibility index (Phi) is 4.35. The zero-order chi connectivity index (χ0) is 13.7. The molecule has 1 aromatic carbocycles. The number of pyridine rings is 1. The van der Waals surface area contributed by atoms with Crippen LogP contribution in [0, 0.1) is 0 Å². The molecule has 0 radical (unpaired) electrons. The summed E-state index contributed by atoms with van der Waals surface area (Å²) in [5, 5.41) is 2.39. The van der Waals surface area contributed by atoms with Crippen molar-refractivity contribution in [3.63, 3.8) is 0 Å². The Labute approximate surface area is 117 Å². The molecule has 0 aliphatic heterocycles. The SMILES string of the molecule is O=C(Nc1c[nH]cc(Br)c1=O)OCc1ccccc1. The third kappa shape index (κ3) is 3.69. The van der Waals surface area contributed by atoms with Gasteiger partial charge in [-0.05, 0) is 21.5 Å². The Morgan fingerprint density at radius 2 is 2.00 bits per heavy atom. The average molecular weight is 323 g/mol. The van der Waals surface area contributed by atoms with Gasteiger partial charge in [-0.25, -0.2) is 4.79 Å². The molecule has 0 aliphatic rings. The lowest BCUT2D eigenvalue weighted by Crippen LogP contribution is -2.19. The van der Waals surface area contributed by atoms with Crippen molar-refractivity contribution in [1.82, 2.24) is 4.98 Å². The molecular weight excluding hydrogens is 312 g/mol. The van der Waals surface area contributed by atoms with E-state index >= 15 is 0 Å². The second kappa shape index (κ2) is 6.19. The number of nitrogens with one attached hydrogen (secondary N) is 2. The van der Waals surface area contributed by atoms with Gasteiger partial charge in [0.05, 0.1) is 4.47 Å². The third-order valence-corrected chi connectivity index (χ3v) is 2.94. The number of anilines is 1. The minimum Gasteiger partial charge on any atom is -0.444 e. The lowest BCUT2D eigenvalue weighted by atomic mass is 10.2. The number of rotatable bonds is 3. The molecule has 19 heavy (non-hydrogen) atoms. The number of carbonyl (C=O) groups is 1. The van der Waals surface area contributed by atoms with Crippen LogP contribution >= 0.6 is 15.9 Å². The van der Waals surface area contributed by atoms with Gasteiger partial charge in [0.15, 0.2) is 0 Å². The van der Waals surface area contributed by atoms with E-state index in [1.165, 1.54) is 12.4 Å². The highest BCUT2D eigenvalue weighted by molar-refractivity contribution is 9.10. The number of amides is 1. The molecule has 0 saturated carbocycles. The predicted octanol–water partition coefficient (Wildman–Crippen LogP) is 2.89. The van der Waals surface area contributed by atoms with Crippen molar-refractivity contribution in [3.8, 4) is 0 Å². The summed E-state index contributed by atoms with van der Waals surface area (Å²) in [5.74, 6) is 0. The van der Waals surface area contributed by atoms with Crippen LogP contribution in [0.4, 0.5) is 10.5 Å². The standard InChI is InChI=1S/C13H11BrN2O3/c14-10-6-15-7-11(12(10)17)16-13(18)19-8-9-4-2-1-3-5-9/h1-7H,8H2,(H,15,17)(H,16,18). The molecule has 0 aliphatic carbocycles. The first-order chi connectivity index (χ1) is 9.16. The second-order valence-electron chi connectivity index (χ2n) is 3.73. The van der Waals surface area contributed by atoms with E-state index in [0.717, 1.165) is 5.56 Å². The van der Waals surface area contributed by atoms with E-state index in [1.807, 2.05) is 30.3 Å². The predicted molar refractivity (Wildman–Crippen MR) is 75.0 cm³/mol. The molecule has 2 aromatic rings. The number of H-pyrrole nitrogens is 1. The van der Waals surface area contributed by atoms with E-state index in [-0.39, 0.29) is 17.7 Å². The van der Waals surface area contributed by atoms with Crippen molar-refractivity contribution in [2.75, 3.05) is 5.32 Å². The van der Waals surface area contributed by atoms with Gasteiger partial charge in [0.25, 0.3) is 0 Å². The Hall–Kier alpha value is -2.08. The molecule has 0 bridgehead atoms. The average Bonchev–Trinajstić information content (AvgIpc) is 2.43. The van der Waals surface area contributed by atoms with Crippen molar-refractivity contribution < 1.29 is 9.53 Å². The molecule has 0 saturated heterocycles. The summed E-state index contributed by atoms with van der Waals surface area (Å²) in [6.45, 7) is 0.151. The van der Waals surface area contributed by atoms with Crippen LogP contribution in [0.25, 0.3) is 0 Å². The number of benzene rings is 1. The van der Waals surface area contributed by atoms with Crippen LogP contribution in [0.2, 0.25) is 0 Å². The molecule has 98 valence electrons.